The summed E-state index contributed by atoms with van der Waals surface area (Å²) < 4.78 is 51.3. The highest BCUT2D eigenvalue weighted by molar-refractivity contribution is 7.52. The van der Waals surface area contributed by atoms with Gasteiger partial charge in [0.2, 0.25) is 0 Å². The van der Waals surface area contributed by atoms with Crippen LogP contribution in [0.4, 0.5) is 5.82 Å². The van der Waals surface area contributed by atoms with E-state index in [0.29, 0.717) is 11.2 Å². The first-order valence-corrected chi connectivity index (χ1v) is 17.2. The Balaban J connectivity index is 1.75. The van der Waals surface area contributed by atoms with Gasteiger partial charge in [0.15, 0.2) is 18.0 Å². The molecule has 0 saturated carbocycles. The van der Waals surface area contributed by atoms with Gasteiger partial charge in [0, 0.05) is 0 Å². The van der Waals surface area contributed by atoms with Gasteiger partial charge >= 0.3 is 25.7 Å². The number of aromatic nitrogens is 3. The van der Waals surface area contributed by atoms with Crippen LogP contribution in [0.1, 0.15) is 61.1 Å². The smallest absolute Gasteiger partial charge is 0.459 e. The summed E-state index contributed by atoms with van der Waals surface area (Å²) in [6.45, 7) is 12.6. The first-order valence-electron chi connectivity index (χ1n) is 15.7. The maximum Gasteiger partial charge on any atom is 0.459 e. The number of benzene rings is 1. The van der Waals surface area contributed by atoms with Crippen LogP contribution in [0.2, 0.25) is 0 Å². The number of rotatable bonds is 14. The molecule has 262 valence electrons. The molecule has 1 fully saturated rings. The second kappa shape index (κ2) is 15.0. The van der Waals surface area contributed by atoms with Crippen LogP contribution in [0.25, 0.3) is 5.52 Å². The SMILES string of the molecule is CC(C)OC(=O)[C@H](C)N[P@](=O)(OC[C@H]1O[C@@](C)(c2ccc3c(N)ncnn23)[C@H](OC(=O)C(C)C)[C@@H]1OC(=O)C(C)C)Oc1ccccc1. The van der Waals surface area contributed by atoms with Crippen molar-refractivity contribution in [1.29, 1.82) is 0 Å². The highest BCUT2D eigenvalue weighted by Crippen LogP contribution is 2.48. The monoisotopic (exact) mass is 689 g/mol. The van der Waals surface area contributed by atoms with Crippen molar-refractivity contribution in [3.8, 4) is 5.75 Å². The van der Waals surface area contributed by atoms with Crippen LogP contribution in [0.15, 0.2) is 48.8 Å². The van der Waals surface area contributed by atoms with Gasteiger partial charge in [-0.1, -0.05) is 45.9 Å². The zero-order chi connectivity index (χ0) is 35.4. The summed E-state index contributed by atoms with van der Waals surface area (Å²) in [4.78, 5) is 42.9. The zero-order valence-corrected chi connectivity index (χ0v) is 29.2. The third-order valence-electron chi connectivity index (χ3n) is 7.47. The molecule has 6 atom stereocenters. The van der Waals surface area contributed by atoms with E-state index in [-0.39, 0.29) is 11.6 Å². The fourth-order valence-electron chi connectivity index (χ4n) is 4.98. The molecule has 0 aliphatic carbocycles. The van der Waals surface area contributed by atoms with Gasteiger partial charge in [-0.25, -0.2) is 14.1 Å². The average Bonchev–Trinajstić information content (AvgIpc) is 3.57. The molecule has 2 aromatic heterocycles. The normalized spacial score (nSPS) is 22.9. The van der Waals surface area contributed by atoms with Gasteiger partial charge in [0.05, 0.1) is 30.2 Å². The second-order valence-electron chi connectivity index (χ2n) is 12.5. The number of anilines is 1. The number of ether oxygens (including phenoxy) is 4. The van der Waals surface area contributed by atoms with Crippen molar-refractivity contribution in [2.24, 2.45) is 11.8 Å². The minimum atomic E-state index is -4.36. The van der Waals surface area contributed by atoms with Crippen LogP contribution >= 0.6 is 7.75 Å². The van der Waals surface area contributed by atoms with Crippen molar-refractivity contribution in [2.75, 3.05) is 12.3 Å². The van der Waals surface area contributed by atoms with Gasteiger partial charge in [0.25, 0.3) is 0 Å². The lowest BCUT2D eigenvalue weighted by atomic mass is 9.92. The minimum Gasteiger partial charge on any atom is -0.462 e. The summed E-state index contributed by atoms with van der Waals surface area (Å²) in [6, 6.07) is 10.5. The third-order valence-corrected chi connectivity index (χ3v) is 9.11. The first kappa shape index (κ1) is 36.8. The molecule has 0 radical (unpaired) electrons. The largest absolute Gasteiger partial charge is 0.462 e. The Labute approximate surface area is 279 Å². The Kier molecular flexibility index (Phi) is 11.5. The number of fused-ring (bicyclic) bond motifs is 1. The number of nitrogens with two attached hydrogens (primary N) is 1. The number of hydrogen-bond acceptors (Lipinski definition) is 13. The zero-order valence-electron chi connectivity index (χ0n) is 28.3. The van der Waals surface area contributed by atoms with Gasteiger partial charge < -0.3 is 29.2 Å². The Bertz CT molecular complexity index is 1650. The van der Waals surface area contributed by atoms with Crippen LogP contribution in [0.5, 0.6) is 5.75 Å². The molecule has 0 spiro atoms. The number of esters is 3. The molecular formula is C32H44N5O10P. The van der Waals surface area contributed by atoms with E-state index in [9.17, 15) is 18.9 Å². The Morgan fingerprint density at radius 1 is 0.979 bits per heavy atom. The van der Waals surface area contributed by atoms with Crippen molar-refractivity contribution in [3.63, 3.8) is 0 Å². The molecule has 1 aromatic carbocycles. The summed E-state index contributed by atoms with van der Waals surface area (Å²) in [5, 5.41) is 6.96. The summed E-state index contributed by atoms with van der Waals surface area (Å²) in [5.74, 6) is -2.55. The standard InChI is InChI=1S/C32H44N5O10P/c1-18(2)29(38)44-26-24(16-42-48(41,47-22-12-10-9-11-13-22)36-21(7)31(40)43-20(5)6)46-32(8,27(26)45-30(39)19(3)4)25-15-14-23-28(33)34-17-35-37(23)25/h9-15,17-21,24,26-27H,16H2,1-8H3,(H,36,41)(H2,33,34,35)/t21-,24+,26+,27+,32-,48-/m0/s1. The van der Waals surface area contributed by atoms with Crippen LogP contribution < -0.4 is 15.3 Å². The molecule has 1 aliphatic rings. The van der Waals surface area contributed by atoms with E-state index in [1.54, 1.807) is 90.9 Å². The fourth-order valence-corrected chi connectivity index (χ4v) is 6.48. The predicted molar refractivity (Wildman–Crippen MR) is 174 cm³/mol. The molecule has 16 heteroatoms. The number of para-hydroxylation sites is 1. The highest BCUT2D eigenvalue weighted by Gasteiger charge is 2.59. The van der Waals surface area contributed by atoms with E-state index in [4.69, 9.17) is 33.7 Å². The molecule has 3 aromatic rings. The summed E-state index contributed by atoms with van der Waals surface area (Å²) in [5.41, 5.74) is 5.47. The molecular weight excluding hydrogens is 645 g/mol. The number of hydrogen-bond donors (Lipinski definition) is 2. The summed E-state index contributed by atoms with van der Waals surface area (Å²) in [6.07, 6.45) is -2.79. The third kappa shape index (κ3) is 8.32. The lowest BCUT2D eigenvalue weighted by Crippen LogP contribution is -2.46. The minimum absolute atomic E-state index is 0.193. The van der Waals surface area contributed by atoms with Crippen LogP contribution in [-0.2, 0) is 48.0 Å². The van der Waals surface area contributed by atoms with Crippen molar-refractivity contribution in [3.05, 3.63) is 54.5 Å². The average molecular weight is 690 g/mol. The lowest BCUT2D eigenvalue weighted by molar-refractivity contribution is -0.175. The van der Waals surface area contributed by atoms with Crippen molar-refractivity contribution in [2.45, 2.75) is 91.4 Å². The Hall–Kier alpha value is -4.04. The quantitative estimate of drug-likeness (QED) is 0.139. The maximum absolute atomic E-state index is 14.3. The number of nitrogen functional groups attached to an aromatic ring is 1. The molecule has 1 aliphatic heterocycles. The number of carbonyl (C=O) groups is 3. The molecule has 15 nitrogen and oxygen atoms in total. The molecule has 3 N–H and O–H groups in total. The summed E-state index contributed by atoms with van der Waals surface area (Å²) in [7, 11) is -4.36. The Morgan fingerprint density at radius 3 is 2.25 bits per heavy atom. The van der Waals surface area contributed by atoms with E-state index in [2.05, 4.69) is 15.2 Å². The maximum atomic E-state index is 14.3. The molecule has 0 bridgehead atoms. The van der Waals surface area contributed by atoms with Crippen molar-refractivity contribution < 1.29 is 46.9 Å². The topological polar surface area (TPSA) is 192 Å². The fraction of sp³-hybridized carbons (Fsp3) is 0.531. The molecule has 1 saturated heterocycles. The van der Waals surface area contributed by atoms with Gasteiger partial charge in [-0.15, -0.1) is 0 Å². The molecule has 48 heavy (non-hydrogen) atoms. The van der Waals surface area contributed by atoms with E-state index in [1.807, 2.05) is 0 Å². The Morgan fingerprint density at radius 2 is 1.62 bits per heavy atom. The van der Waals surface area contributed by atoms with Crippen LogP contribution in [-0.4, -0.2) is 69.6 Å². The van der Waals surface area contributed by atoms with E-state index in [0.717, 1.165) is 0 Å². The second-order valence-corrected chi connectivity index (χ2v) is 14.2. The molecule has 4 rings (SSSR count). The molecule has 3 heterocycles. The predicted octanol–water partition coefficient (Wildman–Crippen LogP) is 4.19. The lowest BCUT2D eigenvalue weighted by Gasteiger charge is -2.31. The van der Waals surface area contributed by atoms with Crippen molar-refractivity contribution >= 4 is 37.0 Å². The van der Waals surface area contributed by atoms with Gasteiger partial charge in [-0.2, -0.15) is 10.2 Å². The van der Waals surface area contributed by atoms with Gasteiger partial charge in [-0.05, 0) is 52.0 Å². The number of nitrogens with one attached hydrogen (secondary N) is 1. The highest BCUT2D eigenvalue weighted by atomic mass is 31.2. The van der Waals surface area contributed by atoms with E-state index >= 15 is 0 Å². The van der Waals surface area contributed by atoms with E-state index < -0.39 is 80.2 Å². The van der Waals surface area contributed by atoms with E-state index in [1.165, 1.54) is 17.8 Å². The summed E-state index contributed by atoms with van der Waals surface area (Å²) >= 11 is 0. The molecule has 0 amide bonds. The molecule has 0 unspecified atom stereocenters. The van der Waals surface area contributed by atoms with Crippen molar-refractivity contribution in [1.82, 2.24) is 19.7 Å². The van der Waals surface area contributed by atoms with Crippen LogP contribution in [0, 0.1) is 11.8 Å². The van der Waals surface area contributed by atoms with Gasteiger partial charge in [-0.3, -0.25) is 18.9 Å². The number of nitrogens with zero attached hydrogens (tertiary/aromatic N) is 3. The van der Waals surface area contributed by atoms with Gasteiger partial charge in [0.1, 0.15) is 35.3 Å². The first-order chi connectivity index (χ1) is 22.5. The van der Waals surface area contributed by atoms with Crippen LogP contribution in [0.3, 0.4) is 0 Å². The number of carbonyl (C=O) groups excluding carboxylic acids is 3.